The fourth-order valence-electron chi connectivity index (χ4n) is 1.20. The SMILES string of the molecule is O=P(O)(O)C(Sc1cccc(C(F)(F)F)c1)P(=O)(O)O. The number of benzene rings is 1. The van der Waals surface area contributed by atoms with Crippen LogP contribution in [0.1, 0.15) is 5.56 Å². The largest absolute Gasteiger partial charge is 0.416 e. The third-order valence-electron chi connectivity index (χ3n) is 1.98. The molecule has 0 heterocycles. The summed E-state index contributed by atoms with van der Waals surface area (Å²) in [5.41, 5.74) is -1.09. The molecule has 0 saturated carbocycles. The predicted molar refractivity (Wildman–Crippen MR) is 65.2 cm³/mol. The Morgan fingerprint density at radius 2 is 1.55 bits per heavy atom. The van der Waals surface area contributed by atoms with Crippen molar-refractivity contribution in [3.63, 3.8) is 0 Å². The fraction of sp³-hybridized carbons (Fsp3) is 0.250. The van der Waals surface area contributed by atoms with E-state index in [1.807, 2.05) is 0 Å². The summed E-state index contributed by atoms with van der Waals surface area (Å²) in [4.78, 5) is 35.2. The van der Waals surface area contributed by atoms with E-state index in [4.69, 9.17) is 19.6 Å². The highest BCUT2D eigenvalue weighted by Crippen LogP contribution is 2.65. The quantitative estimate of drug-likeness (QED) is 0.486. The standard InChI is InChI=1S/C8H9F3O6P2S/c9-8(10,11)5-2-1-3-6(4-5)20-7(18(12,13)14)19(15,16)17/h1-4,7H,(H2,12,13,14)(H2,15,16,17). The maximum atomic E-state index is 12.5. The van der Waals surface area contributed by atoms with Crippen molar-refractivity contribution < 1.29 is 41.9 Å². The van der Waals surface area contributed by atoms with E-state index in [2.05, 4.69) is 0 Å². The average Bonchev–Trinajstić information content (AvgIpc) is 2.22. The lowest BCUT2D eigenvalue weighted by Gasteiger charge is -2.19. The van der Waals surface area contributed by atoms with Crippen LogP contribution in [0.15, 0.2) is 29.2 Å². The molecule has 0 aromatic heterocycles. The summed E-state index contributed by atoms with van der Waals surface area (Å²) < 4.78 is 57.0. The maximum Gasteiger partial charge on any atom is 0.416 e. The zero-order valence-electron chi connectivity index (χ0n) is 9.43. The molecule has 0 saturated heterocycles. The highest BCUT2D eigenvalue weighted by Gasteiger charge is 2.44. The zero-order chi connectivity index (χ0) is 15.8. The topological polar surface area (TPSA) is 115 Å². The van der Waals surface area contributed by atoms with Crippen LogP contribution in [0.2, 0.25) is 0 Å². The molecule has 12 heteroatoms. The van der Waals surface area contributed by atoms with Gasteiger partial charge in [-0.3, -0.25) is 9.13 Å². The maximum absolute atomic E-state index is 12.5. The molecule has 6 nitrogen and oxygen atoms in total. The first-order chi connectivity index (χ1) is 8.82. The summed E-state index contributed by atoms with van der Waals surface area (Å²) in [6, 6.07) is 3.33. The van der Waals surface area contributed by atoms with Crippen LogP contribution in [-0.4, -0.2) is 24.3 Å². The molecule has 1 rings (SSSR count). The predicted octanol–water partition coefficient (Wildman–Crippen LogP) is 2.44. The average molecular weight is 352 g/mol. The van der Waals surface area contributed by atoms with Crippen molar-refractivity contribution in [2.24, 2.45) is 0 Å². The summed E-state index contributed by atoms with van der Waals surface area (Å²) in [7, 11) is -10.4. The number of hydrogen-bond acceptors (Lipinski definition) is 3. The molecule has 0 bridgehead atoms. The van der Waals surface area contributed by atoms with Gasteiger partial charge in [-0.05, 0) is 18.2 Å². The van der Waals surface area contributed by atoms with Crippen molar-refractivity contribution in [1.82, 2.24) is 0 Å². The van der Waals surface area contributed by atoms with Crippen LogP contribution in [0.4, 0.5) is 13.2 Å². The van der Waals surface area contributed by atoms with Gasteiger partial charge in [0.2, 0.25) is 4.73 Å². The zero-order valence-corrected chi connectivity index (χ0v) is 12.0. The summed E-state index contributed by atoms with van der Waals surface area (Å²) in [5, 5.41) is 0. The molecule has 0 amide bonds. The minimum Gasteiger partial charge on any atom is -0.323 e. The van der Waals surface area contributed by atoms with Gasteiger partial charge in [0, 0.05) is 4.90 Å². The normalized spacial score (nSPS) is 13.8. The number of alkyl halides is 3. The van der Waals surface area contributed by atoms with Gasteiger partial charge in [0.15, 0.2) is 0 Å². The van der Waals surface area contributed by atoms with E-state index in [0.717, 1.165) is 18.2 Å². The minimum atomic E-state index is -5.20. The highest BCUT2D eigenvalue weighted by molar-refractivity contribution is 8.12. The molecule has 0 aliphatic heterocycles. The van der Waals surface area contributed by atoms with Crippen molar-refractivity contribution in [3.8, 4) is 0 Å². The van der Waals surface area contributed by atoms with Crippen molar-refractivity contribution in [1.29, 1.82) is 0 Å². The lowest BCUT2D eigenvalue weighted by Crippen LogP contribution is -2.06. The second-order valence-electron chi connectivity index (χ2n) is 3.65. The van der Waals surface area contributed by atoms with Crippen molar-refractivity contribution in [2.45, 2.75) is 15.8 Å². The van der Waals surface area contributed by atoms with Crippen LogP contribution in [-0.2, 0) is 15.3 Å². The van der Waals surface area contributed by atoms with E-state index in [9.17, 15) is 22.3 Å². The van der Waals surface area contributed by atoms with Crippen LogP contribution < -0.4 is 0 Å². The Kier molecular flexibility index (Phi) is 5.14. The third-order valence-corrected chi connectivity index (χ3v) is 7.95. The lowest BCUT2D eigenvalue weighted by molar-refractivity contribution is -0.137. The summed E-state index contributed by atoms with van der Waals surface area (Å²) in [5.74, 6) is 0. The molecule has 0 fully saturated rings. The molecule has 0 aliphatic rings. The summed E-state index contributed by atoms with van der Waals surface area (Å²) in [6.07, 6.45) is -4.67. The van der Waals surface area contributed by atoms with Crippen LogP contribution in [0.25, 0.3) is 0 Å². The molecule has 1 aromatic rings. The van der Waals surface area contributed by atoms with E-state index in [1.165, 1.54) is 0 Å². The monoisotopic (exact) mass is 352 g/mol. The van der Waals surface area contributed by atoms with Gasteiger partial charge in [0.25, 0.3) is 0 Å². The van der Waals surface area contributed by atoms with Gasteiger partial charge in [0.05, 0.1) is 5.56 Å². The van der Waals surface area contributed by atoms with Crippen LogP contribution in [0, 0.1) is 0 Å². The van der Waals surface area contributed by atoms with Gasteiger partial charge in [0.1, 0.15) is 0 Å². The molecular weight excluding hydrogens is 343 g/mol. The third kappa shape index (κ3) is 4.89. The smallest absolute Gasteiger partial charge is 0.323 e. The molecule has 0 spiro atoms. The van der Waals surface area contributed by atoms with Gasteiger partial charge in [-0.2, -0.15) is 13.2 Å². The first-order valence-corrected chi connectivity index (χ1v) is 9.00. The first-order valence-electron chi connectivity index (χ1n) is 4.76. The second kappa shape index (κ2) is 5.81. The van der Waals surface area contributed by atoms with E-state index >= 15 is 0 Å². The summed E-state index contributed by atoms with van der Waals surface area (Å²) in [6.45, 7) is 0. The van der Waals surface area contributed by atoms with Gasteiger partial charge in [-0.1, -0.05) is 17.8 Å². The van der Waals surface area contributed by atoms with Crippen LogP contribution in [0.3, 0.4) is 0 Å². The molecule has 1 aromatic carbocycles. The van der Waals surface area contributed by atoms with Gasteiger partial charge >= 0.3 is 21.4 Å². The van der Waals surface area contributed by atoms with Crippen LogP contribution in [0.5, 0.6) is 0 Å². The van der Waals surface area contributed by atoms with E-state index in [-0.39, 0.29) is 16.7 Å². The Labute approximate surface area is 115 Å². The molecule has 4 N–H and O–H groups in total. The van der Waals surface area contributed by atoms with Gasteiger partial charge < -0.3 is 19.6 Å². The van der Waals surface area contributed by atoms with E-state index in [0.29, 0.717) is 6.07 Å². The lowest BCUT2D eigenvalue weighted by atomic mass is 10.2. The Morgan fingerprint density at radius 3 is 1.95 bits per heavy atom. The Morgan fingerprint density at radius 1 is 1.05 bits per heavy atom. The Balaban J connectivity index is 3.14. The van der Waals surface area contributed by atoms with Crippen LogP contribution >= 0.6 is 27.0 Å². The number of halogens is 3. The molecule has 114 valence electrons. The molecule has 0 radical (unpaired) electrons. The molecular formula is C8H9F3O6P2S. The van der Waals surface area contributed by atoms with E-state index in [1.54, 1.807) is 0 Å². The molecule has 20 heavy (non-hydrogen) atoms. The number of hydrogen-bond donors (Lipinski definition) is 4. The van der Waals surface area contributed by atoms with E-state index < -0.39 is 31.7 Å². The van der Waals surface area contributed by atoms with Crippen molar-refractivity contribution in [2.75, 3.05) is 0 Å². The first kappa shape index (κ1) is 17.7. The summed E-state index contributed by atoms with van der Waals surface area (Å²) >= 11 is 0.00664. The van der Waals surface area contributed by atoms with Gasteiger partial charge in [-0.25, -0.2) is 0 Å². The fourth-order valence-corrected chi connectivity index (χ4v) is 5.19. The number of rotatable bonds is 4. The second-order valence-corrected chi connectivity index (χ2v) is 9.32. The molecule has 0 atom stereocenters. The molecule has 0 unspecified atom stereocenters. The van der Waals surface area contributed by atoms with Crippen molar-refractivity contribution >= 4 is 27.0 Å². The number of thioether (sulfide) groups is 1. The molecule has 0 aliphatic carbocycles. The Hall–Kier alpha value is -0.340. The minimum absolute atomic E-state index is 0.00664. The Bertz CT molecular complexity index is 558. The van der Waals surface area contributed by atoms with Crippen molar-refractivity contribution in [3.05, 3.63) is 29.8 Å². The highest BCUT2D eigenvalue weighted by atomic mass is 32.2. The van der Waals surface area contributed by atoms with Gasteiger partial charge in [-0.15, -0.1) is 0 Å².